The third-order valence-corrected chi connectivity index (χ3v) is 5.93. The van der Waals surface area contributed by atoms with Crippen molar-refractivity contribution >= 4 is 54.8 Å². The molecule has 1 N–H and O–H groups in total. The van der Waals surface area contributed by atoms with E-state index in [4.69, 9.17) is 11.6 Å². The molecular formula is C17H16ClN3O3S2. The second kappa shape index (κ2) is 7.71. The van der Waals surface area contributed by atoms with Crippen LogP contribution < -0.4 is 5.32 Å². The molecule has 2 aromatic carbocycles. The van der Waals surface area contributed by atoms with Crippen LogP contribution in [0.15, 0.2) is 48.7 Å². The molecule has 0 aliphatic heterocycles. The van der Waals surface area contributed by atoms with E-state index in [-0.39, 0.29) is 13.1 Å². The number of benzene rings is 2. The summed E-state index contributed by atoms with van der Waals surface area (Å²) in [6, 6.07) is 12.3. The van der Waals surface area contributed by atoms with Gasteiger partial charge in [0.1, 0.15) is 0 Å². The van der Waals surface area contributed by atoms with Crippen molar-refractivity contribution in [1.29, 1.82) is 0 Å². The van der Waals surface area contributed by atoms with Crippen LogP contribution in [0.3, 0.4) is 0 Å². The van der Waals surface area contributed by atoms with Crippen LogP contribution in [-0.4, -0.2) is 35.8 Å². The molecular weight excluding hydrogens is 394 g/mol. The third kappa shape index (κ3) is 4.79. The Labute approximate surface area is 160 Å². The van der Waals surface area contributed by atoms with Crippen LogP contribution in [0.2, 0.25) is 5.02 Å². The molecule has 1 amide bonds. The Morgan fingerprint density at radius 1 is 1.23 bits per heavy atom. The standard InChI is InChI=1S/C17H16ClN3O3S2/c1-26(23,24)21(10-12-2-4-14(18)5-3-12)11-17(22)20-15-6-7-16-13(8-15)9-19-25-16/h2-9H,10-11H2,1H3,(H,20,22). The zero-order valence-corrected chi connectivity index (χ0v) is 16.2. The molecule has 0 saturated heterocycles. The van der Waals surface area contributed by atoms with E-state index in [1.807, 2.05) is 6.07 Å². The van der Waals surface area contributed by atoms with Crippen molar-refractivity contribution in [3.8, 4) is 0 Å². The van der Waals surface area contributed by atoms with Gasteiger partial charge >= 0.3 is 0 Å². The summed E-state index contributed by atoms with van der Waals surface area (Å²) in [5.41, 5.74) is 1.35. The maximum atomic E-state index is 12.3. The minimum atomic E-state index is -3.56. The number of nitrogens with zero attached hydrogens (tertiary/aromatic N) is 2. The van der Waals surface area contributed by atoms with Gasteiger partial charge in [-0.15, -0.1) is 0 Å². The number of halogens is 1. The van der Waals surface area contributed by atoms with E-state index in [2.05, 4.69) is 9.69 Å². The highest BCUT2D eigenvalue weighted by Gasteiger charge is 2.20. The van der Waals surface area contributed by atoms with Crippen molar-refractivity contribution < 1.29 is 13.2 Å². The molecule has 0 bridgehead atoms. The van der Waals surface area contributed by atoms with Crippen molar-refractivity contribution in [1.82, 2.24) is 8.68 Å². The predicted octanol–water partition coefficient (Wildman–Crippen LogP) is 3.35. The van der Waals surface area contributed by atoms with Gasteiger partial charge in [0.05, 0.1) is 17.5 Å². The van der Waals surface area contributed by atoms with Gasteiger partial charge in [0.2, 0.25) is 15.9 Å². The lowest BCUT2D eigenvalue weighted by Crippen LogP contribution is -2.36. The number of carbonyl (C=O) groups excluding carboxylic acids is 1. The molecule has 0 unspecified atom stereocenters. The van der Waals surface area contributed by atoms with Crippen LogP contribution >= 0.6 is 23.1 Å². The van der Waals surface area contributed by atoms with Gasteiger partial charge in [-0.1, -0.05) is 23.7 Å². The molecule has 0 spiro atoms. The fourth-order valence-corrected chi connectivity index (χ4v) is 3.88. The fourth-order valence-electron chi connectivity index (χ4n) is 2.39. The first-order chi connectivity index (χ1) is 12.3. The Kier molecular flexibility index (Phi) is 5.57. The zero-order chi connectivity index (χ0) is 18.7. The fraction of sp³-hybridized carbons (Fsp3) is 0.176. The Hall–Kier alpha value is -2.00. The largest absolute Gasteiger partial charge is 0.325 e. The summed E-state index contributed by atoms with van der Waals surface area (Å²) in [7, 11) is -3.56. The second-order valence-electron chi connectivity index (χ2n) is 5.78. The molecule has 0 aliphatic carbocycles. The van der Waals surface area contributed by atoms with Crippen LogP contribution in [0, 0.1) is 0 Å². The van der Waals surface area contributed by atoms with Gasteiger partial charge in [-0.2, -0.15) is 8.68 Å². The van der Waals surface area contributed by atoms with Gasteiger partial charge < -0.3 is 5.32 Å². The average molecular weight is 410 g/mol. The molecule has 26 heavy (non-hydrogen) atoms. The number of amides is 1. The first-order valence-corrected chi connectivity index (χ1v) is 10.6. The van der Waals surface area contributed by atoms with Gasteiger partial charge in [0, 0.05) is 28.8 Å². The number of aromatic nitrogens is 1. The minimum absolute atomic E-state index is 0.0942. The van der Waals surface area contributed by atoms with Crippen LogP contribution in [0.4, 0.5) is 5.69 Å². The van der Waals surface area contributed by atoms with Crippen LogP contribution in [0.5, 0.6) is 0 Å². The van der Waals surface area contributed by atoms with Crippen LogP contribution in [-0.2, 0) is 21.4 Å². The zero-order valence-electron chi connectivity index (χ0n) is 13.8. The highest BCUT2D eigenvalue weighted by Crippen LogP contribution is 2.22. The molecule has 0 atom stereocenters. The SMILES string of the molecule is CS(=O)(=O)N(CC(=O)Nc1ccc2sncc2c1)Cc1ccc(Cl)cc1. The summed E-state index contributed by atoms with van der Waals surface area (Å²) in [6.45, 7) is -0.182. The number of anilines is 1. The highest BCUT2D eigenvalue weighted by molar-refractivity contribution is 7.88. The first kappa shape index (κ1) is 18.8. The number of hydrogen-bond acceptors (Lipinski definition) is 5. The molecule has 0 fully saturated rings. The van der Waals surface area contributed by atoms with Crippen molar-refractivity contribution in [2.75, 3.05) is 18.1 Å². The van der Waals surface area contributed by atoms with E-state index in [9.17, 15) is 13.2 Å². The number of fused-ring (bicyclic) bond motifs is 1. The van der Waals surface area contributed by atoms with Gasteiger partial charge in [-0.05, 0) is 47.4 Å². The van der Waals surface area contributed by atoms with Crippen LogP contribution in [0.1, 0.15) is 5.56 Å². The van der Waals surface area contributed by atoms with Crippen molar-refractivity contribution in [3.63, 3.8) is 0 Å². The molecule has 9 heteroatoms. The predicted molar refractivity (Wildman–Crippen MR) is 105 cm³/mol. The lowest BCUT2D eigenvalue weighted by atomic mass is 10.2. The molecule has 6 nitrogen and oxygen atoms in total. The second-order valence-corrected chi connectivity index (χ2v) is 9.04. The lowest BCUT2D eigenvalue weighted by molar-refractivity contribution is -0.116. The number of sulfonamides is 1. The van der Waals surface area contributed by atoms with E-state index in [0.29, 0.717) is 10.7 Å². The summed E-state index contributed by atoms with van der Waals surface area (Å²) in [6.07, 6.45) is 2.80. The topological polar surface area (TPSA) is 79.4 Å². The lowest BCUT2D eigenvalue weighted by Gasteiger charge is -2.19. The average Bonchev–Trinajstić information content (AvgIpc) is 3.03. The maximum Gasteiger partial charge on any atom is 0.239 e. The van der Waals surface area contributed by atoms with Gasteiger partial charge in [0.15, 0.2) is 0 Å². The highest BCUT2D eigenvalue weighted by atomic mass is 35.5. The normalized spacial score (nSPS) is 11.8. The minimum Gasteiger partial charge on any atom is -0.325 e. The van der Waals surface area contributed by atoms with E-state index in [0.717, 1.165) is 26.2 Å². The van der Waals surface area contributed by atoms with E-state index in [1.165, 1.54) is 11.5 Å². The molecule has 0 aliphatic rings. The molecule has 1 aromatic heterocycles. The van der Waals surface area contributed by atoms with Crippen molar-refractivity contribution in [2.45, 2.75) is 6.54 Å². The molecule has 1 heterocycles. The van der Waals surface area contributed by atoms with Crippen molar-refractivity contribution in [3.05, 3.63) is 59.2 Å². The maximum absolute atomic E-state index is 12.3. The summed E-state index contributed by atoms with van der Waals surface area (Å²) < 4.78 is 30.3. The summed E-state index contributed by atoms with van der Waals surface area (Å²) in [5, 5.41) is 4.22. The number of hydrogen-bond donors (Lipinski definition) is 1. The Balaban J connectivity index is 1.71. The molecule has 0 radical (unpaired) electrons. The van der Waals surface area contributed by atoms with Gasteiger partial charge in [-0.3, -0.25) is 4.79 Å². The number of rotatable bonds is 6. The first-order valence-electron chi connectivity index (χ1n) is 7.65. The smallest absolute Gasteiger partial charge is 0.239 e. The number of nitrogens with one attached hydrogen (secondary N) is 1. The van der Waals surface area contributed by atoms with E-state index >= 15 is 0 Å². The van der Waals surface area contributed by atoms with Crippen LogP contribution in [0.25, 0.3) is 10.1 Å². The Morgan fingerprint density at radius 2 is 1.96 bits per heavy atom. The van der Waals surface area contributed by atoms with Crippen molar-refractivity contribution in [2.24, 2.45) is 0 Å². The molecule has 3 rings (SSSR count). The third-order valence-electron chi connectivity index (χ3n) is 3.70. The van der Waals surface area contributed by atoms with Gasteiger partial charge in [0.25, 0.3) is 0 Å². The monoisotopic (exact) mass is 409 g/mol. The molecule has 0 saturated carbocycles. The number of carbonyl (C=O) groups is 1. The Bertz CT molecular complexity index is 1030. The molecule has 136 valence electrons. The van der Waals surface area contributed by atoms with E-state index < -0.39 is 15.9 Å². The Morgan fingerprint density at radius 3 is 2.65 bits per heavy atom. The summed E-state index contributed by atoms with van der Waals surface area (Å²) in [4.78, 5) is 12.3. The summed E-state index contributed by atoms with van der Waals surface area (Å²) in [5.74, 6) is -0.410. The van der Waals surface area contributed by atoms with Gasteiger partial charge in [-0.25, -0.2) is 8.42 Å². The summed E-state index contributed by atoms with van der Waals surface area (Å²) >= 11 is 7.22. The quantitative estimate of drug-likeness (QED) is 0.677. The molecule has 3 aromatic rings. The van der Waals surface area contributed by atoms with E-state index in [1.54, 1.807) is 42.6 Å².